The number of rotatable bonds is 7. The van der Waals surface area contributed by atoms with Gasteiger partial charge in [0.2, 0.25) is 0 Å². The Morgan fingerprint density at radius 3 is 2.25 bits per heavy atom. The summed E-state index contributed by atoms with van der Waals surface area (Å²) in [7, 11) is 0. The van der Waals surface area contributed by atoms with Crippen LogP contribution in [-0.4, -0.2) is 23.8 Å². The van der Waals surface area contributed by atoms with Gasteiger partial charge in [-0.15, -0.1) is 11.3 Å². The maximum absolute atomic E-state index is 12.9. The molecular weight excluding hydrogens is 474 g/mol. The first kappa shape index (κ1) is 25.4. The van der Waals surface area contributed by atoms with Gasteiger partial charge in [-0.1, -0.05) is 17.7 Å². The molecule has 36 heavy (non-hydrogen) atoms. The molecule has 0 fully saturated rings. The SMILES string of the molecule is Cc1cc(C)c(NC(=O)[C@H](C)Oc2ccc(C(=O)Nc3sc4c(c3C(N)=O)CCCC4)cc2)c(C)c1. The number of amides is 3. The largest absolute Gasteiger partial charge is 0.481 e. The predicted molar refractivity (Wildman–Crippen MR) is 143 cm³/mol. The number of nitrogens with one attached hydrogen (secondary N) is 2. The van der Waals surface area contributed by atoms with Crippen molar-refractivity contribution in [2.45, 2.75) is 59.5 Å². The Morgan fingerprint density at radius 2 is 1.61 bits per heavy atom. The van der Waals surface area contributed by atoms with Crippen molar-refractivity contribution in [2.75, 3.05) is 10.6 Å². The molecule has 0 saturated carbocycles. The molecule has 0 spiro atoms. The van der Waals surface area contributed by atoms with Crippen molar-refractivity contribution >= 4 is 39.7 Å². The van der Waals surface area contributed by atoms with E-state index in [4.69, 9.17) is 10.5 Å². The highest BCUT2D eigenvalue weighted by atomic mass is 32.1. The summed E-state index contributed by atoms with van der Waals surface area (Å²) < 4.78 is 5.81. The van der Waals surface area contributed by atoms with E-state index in [2.05, 4.69) is 10.6 Å². The van der Waals surface area contributed by atoms with Crippen LogP contribution in [0.3, 0.4) is 0 Å². The molecule has 1 atom stereocenters. The maximum atomic E-state index is 12.9. The van der Waals surface area contributed by atoms with Crippen LogP contribution in [0.4, 0.5) is 10.7 Å². The predicted octanol–water partition coefficient (Wildman–Crippen LogP) is 5.31. The van der Waals surface area contributed by atoms with Crippen LogP contribution in [0.25, 0.3) is 0 Å². The molecule has 2 aromatic carbocycles. The number of carbonyl (C=O) groups is 3. The summed E-state index contributed by atoms with van der Waals surface area (Å²) >= 11 is 1.43. The zero-order valence-electron chi connectivity index (χ0n) is 21.0. The Bertz CT molecular complexity index is 1300. The molecule has 0 unspecified atom stereocenters. The number of carbonyl (C=O) groups excluding carboxylic acids is 3. The van der Waals surface area contributed by atoms with Crippen LogP contribution >= 0.6 is 11.3 Å². The molecule has 0 bridgehead atoms. The lowest BCUT2D eigenvalue weighted by Gasteiger charge is -2.18. The van der Waals surface area contributed by atoms with Crippen LogP contribution < -0.4 is 21.1 Å². The fourth-order valence-corrected chi connectivity index (χ4v) is 5.92. The van der Waals surface area contributed by atoms with Crippen LogP contribution in [0.5, 0.6) is 5.75 Å². The van der Waals surface area contributed by atoms with Crippen LogP contribution in [0.1, 0.15) is 67.6 Å². The summed E-state index contributed by atoms with van der Waals surface area (Å²) in [4.78, 5) is 38.8. The third-order valence-corrected chi connectivity index (χ3v) is 7.58. The Morgan fingerprint density at radius 1 is 0.972 bits per heavy atom. The van der Waals surface area contributed by atoms with Gasteiger partial charge in [-0.3, -0.25) is 14.4 Å². The number of benzene rings is 2. The van der Waals surface area contributed by atoms with Gasteiger partial charge in [-0.2, -0.15) is 0 Å². The van der Waals surface area contributed by atoms with E-state index < -0.39 is 12.0 Å². The van der Waals surface area contributed by atoms with Crippen molar-refractivity contribution in [1.29, 1.82) is 0 Å². The summed E-state index contributed by atoms with van der Waals surface area (Å²) in [5, 5.41) is 6.32. The van der Waals surface area contributed by atoms with Gasteiger partial charge in [0.25, 0.3) is 17.7 Å². The Hall–Kier alpha value is -3.65. The first-order chi connectivity index (χ1) is 17.1. The minimum Gasteiger partial charge on any atom is -0.481 e. The van der Waals surface area contributed by atoms with Gasteiger partial charge in [0.1, 0.15) is 10.8 Å². The molecule has 188 valence electrons. The number of primary amides is 1. The van der Waals surface area contributed by atoms with Crippen LogP contribution in [0.2, 0.25) is 0 Å². The molecule has 0 aliphatic heterocycles. The molecule has 0 saturated heterocycles. The van der Waals surface area contributed by atoms with Crippen molar-refractivity contribution in [3.05, 3.63) is 74.7 Å². The number of fused-ring (bicyclic) bond motifs is 1. The number of hydrogen-bond donors (Lipinski definition) is 3. The highest BCUT2D eigenvalue weighted by Gasteiger charge is 2.25. The van der Waals surface area contributed by atoms with E-state index in [0.29, 0.717) is 21.9 Å². The Kier molecular flexibility index (Phi) is 7.45. The normalized spacial score (nSPS) is 13.4. The molecule has 1 heterocycles. The second-order valence-corrected chi connectivity index (χ2v) is 10.4. The van der Waals surface area contributed by atoms with Crippen molar-refractivity contribution in [3.8, 4) is 5.75 Å². The van der Waals surface area contributed by atoms with Gasteiger partial charge >= 0.3 is 0 Å². The molecule has 1 aliphatic rings. The summed E-state index contributed by atoms with van der Waals surface area (Å²) in [5.74, 6) is -0.640. The highest BCUT2D eigenvalue weighted by molar-refractivity contribution is 7.17. The number of aryl methyl sites for hydroxylation is 4. The van der Waals surface area contributed by atoms with Gasteiger partial charge in [0, 0.05) is 16.1 Å². The Balaban J connectivity index is 1.41. The van der Waals surface area contributed by atoms with E-state index in [1.54, 1.807) is 31.2 Å². The number of ether oxygens (including phenoxy) is 1. The fourth-order valence-electron chi connectivity index (χ4n) is 4.63. The molecule has 4 N–H and O–H groups in total. The Labute approximate surface area is 215 Å². The van der Waals surface area contributed by atoms with Gasteiger partial charge in [0.15, 0.2) is 6.10 Å². The van der Waals surface area contributed by atoms with E-state index in [1.165, 1.54) is 11.3 Å². The number of thiophene rings is 1. The summed E-state index contributed by atoms with van der Waals surface area (Å²) in [6.07, 6.45) is 3.05. The quantitative estimate of drug-likeness (QED) is 0.404. The molecular formula is C28H31N3O4S. The number of anilines is 2. The van der Waals surface area contributed by atoms with Crippen LogP contribution in [0.15, 0.2) is 36.4 Å². The monoisotopic (exact) mass is 505 g/mol. The minimum absolute atomic E-state index is 0.257. The van der Waals surface area contributed by atoms with Crippen molar-refractivity contribution in [1.82, 2.24) is 0 Å². The smallest absolute Gasteiger partial charge is 0.265 e. The van der Waals surface area contributed by atoms with E-state index in [9.17, 15) is 14.4 Å². The minimum atomic E-state index is -0.736. The number of hydrogen-bond acceptors (Lipinski definition) is 5. The summed E-state index contributed by atoms with van der Waals surface area (Å²) in [6.45, 7) is 7.62. The lowest BCUT2D eigenvalue weighted by Crippen LogP contribution is -2.30. The van der Waals surface area contributed by atoms with Crippen LogP contribution in [-0.2, 0) is 17.6 Å². The van der Waals surface area contributed by atoms with Gasteiger partial charge < -0.3 is 21.1 Å². The van der Waals surface area contributed by atoms with Crippen molar-refractivity contribution in [3.63, 3.8) is 0 Å². The molecule has 3 amide bonds. The first-order valence-corrected chi connectivity index (χ1v) is 12.9. The van der Waals surface area contributed by atoms with E-state index in [0.717, 1.165) is 58.5 Å². The second kappa shape index (κ2) is 10.5. The topological polar surface area (TPSA) is 111 Å². The molecule has 1 aliphatic carbocycles. The van der Waals surface area contributed by atoms with Crippen LogP contribution in [0, 0.1) is 20.8 Å². The van der Waals surface area contributed by atoms with Gasteiger partial charge in [-0.05, 0) is 94.3 Å². The molecule has 4 rings (SSSR count). The average molecular weight is 506 g/mol. The van der Waals surface area contributed by atoms with Crippen molar-refractivity contribution in [2.24, 2.45) is 5.73 Å². The molecule has 3 aromatic rings. The lowest BCUT2D eigenvalue weighted by molar-refractivity contribution is -0.122. The highest BCUT2D eigenvalue weighted by Crippen LogP contribution is 2.38. The molecule has 0 radical (unpaired) electrons. The molecule has 7 nitrogen and oxygen atoms in total. The van der Waals surface area contributed by atoms with Gasteiger partial charge in [-0.25, -0.2) is 0 Å². The first-order valence-electron chi connectivity index (χ1n) is 12.0. The van der Waals surface area contributed by atoms with E-state index >= 15 is 0 Å². The third kappa shape index (κ3) is 5.44. The third-order valence-electron chi connectivity index (χ3n) is 6.37. The van der Waals surface area contributed by atoms with Gasteiger partial charge in [0.05, 0.1) is 5.56 Å². The second-order valence-electron chi connectivity index (χ2n) is 9.28. The number of nitrogens with two attached hydrogens (primary N) is 1. The summed E-state index contributed by atoms with van der Waals surface area (Å²) in [6, 6.07) is 10.6. The van der Waals surface area contributed by atoms with E-state index in [1.807, 2.05) is 32.9 Å². The maximum Gasteiger partial charge on any atom is 0.265 e. The van der Waals surface area contributed by atoms with E-state index in [-0.39, 0.29) is 11.8 Å². The zero-order chi connectivity index (χ0) is 26.0. The van der Waals surface area contributed by atoms with Crippen molar-refractivity contribution < 1.29 is 19.1 Å². The zero-order valence-corrected chi connectivity index (χ0v) is 21.8. The molecule has 1 aromatic heterocycles. The lowest BCUT2D eigenvalue weighted by atomic mass is 9.95. The molecule has 8 heteroatoms. The standard InChI is InChI=1S/C28H31N3O4S/c1-15-13-16(2)24(17(3)14-15)30-26(33)18(4)35-20-11-9-19(10-12-20)27(34)31-28-23(25(29)32)21-7-5-6-8-22(21)36-28/h9-14,18H,5-8H2,1-4H3,(H2,29,32)(H,30,33)(H,31,34)/t18-/m0/s1. The average Bonchev–Trinajstić information content (AvgIpc) is 3.19. The summed E-state index contributed by atoms with van der Waals surface area (Å²) in [5.41, 5.74) is 11.4. The fraction of sp³-hybridized carbons (Fsp3) is 0.321.